The summed E-state index contributed by atoms with van der Waals surface area (Å²) < 4.78 is 0.291. The molecule has 1 aliphatic rings. The Morgan fingerprint density at radius 1 is 0.963 bits per heavy atom. The van der Waals surface area contributed by atoms with Crippen LogP contribution in [-0.4, -0.2) is 0 Å². The van der Waals surface area contributed by atoms with Crippen LogP contribution < -0.4 is 0 Å². The second-order valence-corrected chi connectivity index (χ2v) is 17.4. The van der Waals surface area contributed by atoms with Gasteiger partial charge in [-0.25, -0.2) is 0 Å². The van der Waals surface area contributed by atoms with Crippen LogP contribution in [0, 0.1) is 19.8 Å². The first kappa shape index (κ1) is 21.4. The monoisotopic (exact) mass is 477 g/mol. The normalized spacial score (nSPS) is 16.1. The quantitative estimate of drug-likeness (QED) is 0.403. The van der Waals surface area contributed by atoms with Crippen LogP contribution >= 0.6 is 17.0 Å². The van der Waals surface area contributed by atoms with Crippen molar-refractivity contribution in [1.29, 1.82) is 0 Å². The van der Waals surface area contributed by atoms with E-state index in [1.807, 2.05) is 0 Å². The van der Waals surface area contributed by atoms with Crippen LogP contribution in [0.3, 0.4) is 0 Å². The summed E-state index contributed by atoms with van der Waals surface area (Å²) in [5.41, 5.74) is 10.9. The Labute approximate surface area is 179 Å². The van der Waals surface area contributed by atoms with Gasteiger partial charge in [0.25, 0.3) is 0 Å². The van der Waals surface area contributed by atoms with Gasteiger partial charge in [-0.3, -0.25) is 0 Å². The number of hydrogen-bond acceptors (Lipinski definition) is 0. The molecule has 143 valence electrons. The molecule has 0 spiro atoms. The van der Waals surface area contributed by atoms with Gasteiger partial charge in [0.05, 0.1) is 0 Å². The molecule has 0 amide bonds. The fraction of sp³-hybridized carbons (Fsp3) is 0.417. The number of halogens is 2. The fourth-order valence-corrected chi connectivity index (χ4v) is 9.79. The Bertz CT molecular complexity index is 858. The van der Waals surface area contributed by atoms with Gasteiger partial charge in [0, 0.05) is 0 Å². The van der Waals surface area contributed by atoms with E-state index in [-0.39, 0.29) is 0 Å². The summed E-state index contributed by atoms with van der Waals surface area (Å²) in [7, 11) is 13.3. The van der Waals surface area contributed by atoms with E-state index in [9.17, 15) is 0 Å². The van der Waals surface area contributed by atoms with Crippen molar-refractivity contribution < 1.29 is 19.4 Å². The molecule has 3 rings (SSSR count). The van der Waals surface area contributed by atoms with Gasteiger partial charge in [-0.2, -0.15) is 0 Å². The van der Waals surface area contributed by atoms with Gasteiger partial charge in [-0.15, -0.1) is 0 Å². The third kappa shape index (κ3) is 4.47. The van der Waals surface area contributed by atoms with Crippen LogP contribution in [0.25, 0.3) is 17.2 Å². The van der Waals surface area contributed by atoms with Gasteiger partial charge in [0.15, 0.2) is 0 Å². The summed E-state index contributed by atoms with van der Waals surface area (Å²) >= 11 is -2.48. The standard InChI is InChI=1S/C24H29.2ClH.Zr/c1-15(2)9-19-13-20-7-8-22(16(3)4)24(23(20)14-19)21-11-17(5)10-18(6)12-21;;;/h7-8,10-16H,9H2,1-6H3;2*1H;/q;;;+2/p-2. The van der Waals surface area contributed by atoms with E-state index in [0.29, 0.717) is 15.5 Å². The summed E-state index contributed by atoms with van der Waals surface area (Å²) in [6, 6.07) is 11.5. The Hall–Kier alpha value is -0.357. The summed E-state index contributed by atoms with van der Waals surface area (Å²) in [6.45, 7) is 13.5. The maximum absolute atomic E-state index is 6.66. The summed E-state index contributed by atoms with van der Waals surface area (Å²) in [4.78, 5) is 0. The van der Waals surface area contributed by atoms with E-state index in [1.54, 1.807) is 0 Å². The second-order valence-electron chi connectivity index (χ2n) is 8.60. The number of aryl methyl sites for hydroxylation is 2. The van der Waals surface area contributed by atoms with Gasteiger partial charge in [-0.1, -0.05) is 0 Å². The van der Waals surface area contributed by atoms with Crippen LogP contribution in [-0.2, 0) is 19.4 Å². The molecule has 3 heteroatoms. The van der Waals surface area contributed by atoms with Crippen molar-refractivity contribution in [1.82, 2.24) is 0 Å². The van der Waals surface area contributed by atoms with Crippen molar-refractivity contribution in [3.8, 4) is 11.1 Å². The molecule has 1 aliphatic carbocycles. The Morgan fingerprint density at radius 3 is 2.11 bits per heavy atom. The van der Waals surface area contributed by atoms with Crippen molar-refractivity contribution >= 4 is 23.1 Å². The first-order valence-corrected chi connectivity index (χ1v) is 17.6. The molecule has 1 unspecified atom stereocenters. The Balaban J connectivity index is 2.29. The molecule has 0 saturated carbocycles. The molecule has 1 atom stereocenters. The third-order valence-corrected chi connectivity index (χ3v) is 10.6. The SMILES string of the molecule is Cc1cc(C)cc(-c2c(C(C)C)ccc3c2C=C(CC(C)C)[CH]3[Zr]([Cl])[Cl])c1. The van der Waals surface area contributed by atoms with Crippen molar-refractivity contribution in [2.24, 2.45) is 5.92 Å². The first-order chi connectivity index (χ1) is 12.7. The van der Waals surface area contributed by atoms with E-state index in [0.717, 1.165) is 6.42 Å². The van der Waals surface area contributed by atoms with Gasteiger partial charge in [-0.05, 0) is 0 Å². The maximum atomic E-state index is 6.66. The molecule has 0 nitrogen and oxygen atoms in total. The van der Waals surface area contributed by atoms with E-state index >= 15 is 0 Å². The zero-order valence-electron chi connectivity index (χ0n) is 17.2. The zero-order chi connectivity index (χ0) is 19.9. The first-order valence-electron chi connectivity index (χ1n) is 9.82. The minimum absolute atomic E-state index is 0.291. The molecular formula is C24H29Cl2Zr. The molecule has 0 radical (unpaired) electrons. The Kier molecular flexibility index (Phi) is 6.77. The molecule has 0 aliphatic heterocycles. The number of fused-ring (bicyclic) bond motifs is 1. The van der Waals surface area contributed by atoms with Crippen molar-refractivity contribution in [3.05, 3.63) is 63.7 Å². The van der Waals surface area contributed by atoms with Crippen LogP contribution in [0.2, 0.25) is 0 Å². The molecule has 27 heavy (non-hydrogen) atoms. The van der Waals surface area contributed by atoms with E-state index < -0.39 is 19.4 Å². The number of rotatable bonds is 5. The van der Waals surface area contributed by atoms with Crippen LogP contribution in [0.5, 0.6) is 0 Å². The second kappa shape index (κ2) is 8.56. The minimum atomic E-state index is -2.48. The molecule has 2 aromatic rings. The van der Waals surface area contributed by atoms with Gasteiger partial charge >= 0.3 is 181 Å². The molecule has 2 aromatic carbocycles. The molecule has 0 saturated heterocycles. The van der Waals surface area contributed by atoms with E-state index in [4.69, 9.17) is 17.0 Å². The van der Waals surface area contributed by atoms with Crippen molar-refractivity contribution in [2.45, 2.75) is 57.5 Å². The Morgan fingerprint density at radius 2 is 1.59 bits per heavy atom. The van der Waals surface area contributed by atoms with Crippen LogP contribution in [0.15, 0.2) is 35.9 Å². The number of hydrogen-bond donors (Lipinski definition) is 0. The zero-order valence-corrected chi connectivity index (χ0v) is 21.1. The predicted octanol–water partition coefficient (Wildman–Crippen LogP) is 8.50. The van der Waals surface area contributed by atoms with Crippen molar-refractivity contribution in [2.75, 3.05) is 0 Å². The number of allylic oxidation sites excluding steroid dienone is 1. The van der Waals surface area contributed by atoms with Crippen molar-refractivity contribution in [3.63, 3.8) is 0 Å². The van der Waals surface area contributed by atoms with Gasteiger partial charge < -0.3 is 0 Å². The van der Waals surface area contributed by atoms with E-state index in [2.05, 4.69) is 78.0 Å². The molecule has 0 fully saturated rings. The summed E-state index contributed by atoms with van der Waals surface area (Å²) in [6.07, 6.45) is 3.50. The third-order valence-electron chi connectivity index (χ3n) is 5.32. The average Bonchev–Trinajstić information content (AvgIpc) is 2.89. The molecule has 0 bridgehead atoms. The topological polar surface area (TPSA) is 0 Å². The van der Waals surface area contributed by atoms with Gasteiger partial charge in [0.1, 0.15) is 0 Å². The fourth-order valence-electron chi connectivity index (χ4n) is 4.36. The van der Waals surface area contributed by atoms with Crippen LogP contribution in [0.4, 0.5) is 0 Å². The number of benzene rings is 2. The summed E-state index contributed by atoms with van der Waals surface area (Å²) in [5.74, 6) is 1.08. The molecule has 0 heterocycles. The van der Waals surface area contributed by atoms with E-state index in [1.165, 1.54) is 44.5 Å². The molecule has 0 N–H and O–H groups in total. The van der Waals surface area contributed by atoms with Crippen LogP contribution in [0.1, 0.15) is 71.5 Å². The summed E-state index contributed by atoms with van der Waals surface area (Å²) in [5, 5.41) is 0. The average molecular weight is 480 g/mol. The molecule has 0 aromatic heterocycles. The predicted molar refractivity (Wildman–Crippen MR) is 117 cm³/mol. The van der Waals surface area contributed by atoms with Gasteiger partial charge in [0.2, 0.25) is 0 Å². The molecular weight excluding hydrogens is 450 g/mol.